The summed E-state index contributed by atoms with van der Waals surface area (Å²) in [5.74, 6) is 0. The number of aromatic nitrogens is 1. The Hall–Kier alpha value is -0.650. The van der Waals surface area contributed by atoms with Gasteiger partial charge in [-0.2, -0.15) is 0 Å². The van der Waals surface area contributed by atoms with Crippen LogP contribution in [0.25, 0.3) is 0 Å². The average molecular weight is 318 g/mol. The van der Waals surface area contributed by atoms with Crippen molar-refractivity contribution in [1.29, 1.82) is 0 Å². The highest BCUT2D eigenvalue weighted by atomic mass is 35.5. The summed E-state index contributed by atoms with van der Waals surface area (Å²) in [7, 11) is 3.18. The maximum atomic E-state index is 5.99. The van der Waals surface area contributed by atoms with E-state index in [4.69, 9.17) is 32.7 Å². The van der Waals surface area contributed by atoms with Gasteiger partial charge in [0, 0.05) is 26.0 Å². The molecular formula is C13H13Cl2NO2S. The first-order valence-electron chi connectivity index (χ1n) is 5.58. The third-order valence-electron chi connectivity index (χ3n) is 2.58. The van der Waals surface area contributed by atoms with Crippen LogP contribution in [0.15, 0.2) is 23.6 Å². The van der Waals surface area contributed by atoms with Gasteiger partial charge in [-0.05, 0) is 17.7 Å². The average Bonchev–Trinajstić information content (AvgIpc) is 2.84. The predicted octanol–water partition coefficient (Wildman–Crippen LogP) is 4.33. The van der Waals surface area contributed by atoms with Crippen molar-refractivity contribution < 1.29 is 9.47 Å². The predicted molar refractivity (Wildman–Crippen MR) is 78.1 cm³/mol. The lowest BCUT2D eigenvalue weighted by molar-refractivity contribution is -0.108. The van der Waals surface area contributed by atoms with Crippen molar-refractivity contribution in [3.8, 4) is 0 Å². The molecule has 102 valence electrons. The van der Waals surface area contributed by atoms with Crippen LogP contribution >= 0.6 is 34.5 Å². The summed E-state index contributed by atoms with van der Waals surface area (Å²) in [5.41, 5.74) is 1.85. The number of thiazole rings is 1. The first-order chi connectivity index (χ1) is 9.13. The number of hydrogen-bond acceptors (Lipinski definition) is 4. The molecule has 0 radical (unpaired) electrons. The zero-order valence-electron chi connectivity index (χ0n) is 10.5. The molecule has 0 aliphatic rings. The Kier molecular flexibility index (Phi) is 5.19. The van der Waals surface area contributed by atoms with Crippen molar-refractivity contribution in [2.24, 2.45) is 0 Å². The molecule has 0 atom stereocenters. The van der Waals surface area contributed by atoms with Gasteiger partial charge in [0.25, 0.3) is 0 Å². The van der Waals surface area contributed by atoms with Crippen molar-refractivity contribution in [2.45, 2.75) is 12.7 Å². The van der Waals surface area contributed by atoms with Crippen LogP contribution in [0, 0.1) is 0 Å². The standard InChI is InChI=1S/C13H13Cl2NO2S/c1-17-13(18-2)11-7-19-12(16-11)6-8-3-4-9(14)10(15)5-8/h3-5,7,13H,6H2,1-2H3. The molecule has 0 N–H and O–H groups in total. The van der Waals surface area contributed by atoms with Gasteiger partial charge in [0.2, 0.25) is 6.29 Å². The van der Waals surface area contributed by atoms with E-state index in [2.05, 4.69) is 4.98 Å². The Morgan fingerprint density at radius 3 is 2.58 bits per heavy atom. The van der Waals surface area contributed by atoms with E-state index in [1.54, 1.807) is 31.6 Å². The van der Waals surface area contributed by atoms with E-state index in [0.717, 1.165) is 16.3 Å². The molecule has 0 amide bonds. The van der Waals surface area contributed by atoms with Gasteiger partial charge in [-0.3, -0.25) is 0 Å². The fourth-order valence-electron chi connectivity index (χ4n) is 1.68. The van der Waals surface area contributed by atoms with E-state index in [1.165, 1.54) is 0 Å². The van der Waals surface area contributed by atoms with Gasteiger partial charge in [0.05, 0.1) is 15.1 Å². The first-order valence-corrected chi connectivity index (χ1v) is 7.21. The Morgan fingerprint density at radius 1 is 1.21 bits per heavy atom. The van der Waals surface area contributed by atoms with Gasteiger partial charge in [0.1, 0.15) is 5.69 Å². The largest absolute Gasteiger partial charge is 0.350 e. The zero-order valence-corrected chi connectivity index (χ0v) is 12.9. The molecule has 1 aromatic heterocycles. The van der Waals surface area contributed by atoms with Crippen LogP contribution < -0.4 is 0 Å². The monoisotopic (exact) mass is 317 g/mol. The smallest absolute Gasteiger partial charge is 0.201 e. The molecule has 3 nitrogen and oxygen atoms in total. The Bertz CT molecular complexity index is 555. The van der Waals surface area contributed by atoms with Crippen molar-refractivity contribution in [3.05, 3.63) is 49.9 Å². The quantitative estimate of drug-likeness (QED) is 0.769. The lowest BCUT2D eigenvalue weighted by Gasteiger charge is -2.09. The Labute approximate surface area is 126 Å². The first kappa shape index (κ1) is 14.8. The van der Waals surface area contributed by atoms with Crippen LogP contribution in [0.3, 0.4) is 0 Å². The molecule has 2 aromatic rings. The Morgan fingerprint density at radius 2 is 1.95 bits per heavy atom. The highest BCUT2D eigenvalue weighted by Crippen LogP contribution is 2.26. The van der Waals surface area contributed by atoms with E-state index < -0.39 is 6.29 Å². The van der Waals surface area contributed by atoms with Crippen LogP contribution in [0.1, 0.15) is 22.6 Å². The molecule has 0 fully saturated rings. The number of halogens is 2. The summed E-state index contributed by atoms with van der Waals surface area (Å²) in [6.45, 7) is 0. The lowest BCUT2D eigenvalue weighted by atomic mass is 10.2. The van der Waals surface area contributed by atoms with Gasteiger partial charge in [-0.15, -0.1) is 11.3 Å². The molecule has 0 saturated heterocycles. The van der Waals surface area contributed by atoms with Gasteiger partial charge in [-0.1, -0.05) is 29.3 Å². The van der Waals surface area contributed by atoms with E-state index in [0.29, 0.717) is 16.5 Å². The van der Waals surface area contributed by atoms with Crippen LogP contribution in [0.2, 0.25) is 10.0 Å². The summed E-state index contributed by atoms with van der Waals surface area (Å²) in [6, 6.07) is 5.59. The highest BCUT2D eigenvalue weighted by molar-refractivity contribution is 7.09. The second-order valence-electron chi connectivity index (χ2n) is 3.89. The second kappa shape index (κ2) is 6.68. The number of methoxy groups -OCH3 is 2. The molecule has 0 spiro atoms. The fraction of sp³-hybridized carbons (Fsp3) is 0.308. The summed E-state index contributed by atoms with van der Waals surface area (Å²) >= 11 is 13.4. The van der Waals surface area contributed by atoms with E-state index in [9.17, 15) is 0 Å². The minimum Gasteiger partial charge on any atom is -0.350 e. The van der Waals surface area contributed by atoms with Crippen LogP contribution in [-0.4, -0.2) is 19.2 Å². The van der Waals surface area contributed by atoms with E-state index in [1.807, 2.05) is 17.5 Å². The molecule has 6 heteroatoms. The molecule has 2 rings (SSSR count). The third kappa shape index (κ3) is 3.68. The molecule has 0 saturated carbocycles. The van der Waals surface area contributed by atoms with Crippen molar-refractivity contribution >= 4 is 34.5 Å². The molecule has 0 bridgehead atoms. The summed E-state index contributed by atoms with van der Waals surface area (Å²) in [4.78, 5) is 4.49. The Balaban J connectivity index is 2.13. The van der Waals surface area contributed by atoms with E-state index in [-0.39, 0.29) is 0 Å². The third-order valence-corrected chi connectivity index (χ3v) is 4.18. The van der Waals surface area contributed by atoms with Crippen molar-refractivity contribution in [1.82, 2.24) is 4.98 Å². The second-order valence-corrected chi connectivity index (χ2v) is 5.65. The number of ether oxygens (including phenoxy) is 2. The van der Waals surface area contributed by atoms with E-state index >= 15 is 0 Å². The summed E-state index contributed by atoms with van der Waals surface area (Å²) in [5, 5.41) is 4.03. The topological polar surface area (TPSA) is 31.4 Å². The zero-order chi connectivity index (χ0) is 13.8. The van der Waals surface area contributed by atoms with Gasteiger partial charge in [0.15, 0.2) is 0 Å². The molecule has 0 aliphatic heterocycles. The fourth-order valence-corrected chi connectivity index (χ4v) is 2.83. The number of rotatable bonds is 5. The minimum absolute atomic E-state index is 0.418. The molecule has 1 heterocycles. The molecular weight excluding hydrogens is 305 g/mol. The van der Waals surface area contributed by atoms with Gasteiger partial charge in [-0.25, -0.2) is 4.98 Å². The van der Waals surface area contributed by atoms with Crippen molar-refractivity contribution in [2.75, 3.05) is 14.2 Å². The number of hydrogen-bond donors (Lipinski definition) is 0. The van der Waals surface area contributed by atoms with Crippen LogP contribution in [0.4, 0.5) is 0 Å². The maximum absolute atomic E-state index is 5.99. The van der Waals surface area contributed by atoms with Gasteiger partial charge >= 0.3 is 0 Å². The maximum Gasteiger partial charge on any atom is 0.201 e. The summed E-state index contributed by atoms with van der Waals surface area (Å²) in [6.07, 6.45) is 0.292. The number of benzene rings is 1. The normalized spacial score (nSPS) is 11.2. The minimum atomic E-state index is -0.418. The van der Waals surface area contributed by atoms with Crippen molar-refractivity contribution in [3.63, 3.8) is 0 Å². The molecule has 1 aromatic carbocycles. The SMILES string of the molecule is COC(OC)c1csc(Cc2ccc(Cl)c(Cl)c2)n1. The van der Waals surface area contributed by atoms with Crippen LogP contribution in [-0.2, 0) is 15.9 Å². The molecule has 19 heavy (non-hydrogen) atoms. The van der Waals surface area contributed by atoms with Gasteiger partial charge < -0.3 is 9.47 Å². The number of nitrogens with zero attached hydrogens (tertiary/aromatic N) is 1. The summed E-state index contributed by atoms with van der Waals surface area (Å²) < 4.78 is 10.3. The lowest BCUT2D eigenvalue weighted by Crippen LogP contribution is -2.04. The highest BCUT2D eigenvalue weighted by Gasteiger charge is 2.13. The molecule has 0 unspecified atom stereocenters. The molecule has 0 aliphatic carbocycles. The van der Waals surface area contributed by atoms with Crippen LogP contribution in [0.5, 0.6) is 0 Å².